The van der Waals surface area contributed by atoms with Crippen LogP contribution >= 0.6 is 0 Å². The molecule has 0 bridgehead atoms. The minimum atomic E-state index is -0.851. The molecule has 0 radical (unpaired) electrons. The minimum Gasteiger partial charge on any atom is -0.466 e. The number of carbonyl (C=O) groups is 2. The molecule has 0 rings (SSSR count). The summed E-state index contributed by atoms with van der Waals surface area (Å²) in [6, 6.07) is -0.635. The summed E-state index contributed by atoms with van der Waals surface area (Å²) in [7, 11) is 0. The zero-order valence-electron chi connectivity index (χ0n) is 47.0. The first-order valence-electron chi connectivity index (χ1n) is 31.3. The Kier molecular flexibility index (Phi) is 58.0. The quantitative estimate of drug-likeness (QED) is 0.0321. The molecule has 412 valence electrons. The van der Waals surface area contributed by atoms with Crippen molar-refractivity contribution < 1.29 is 24.5 Å². The smallest absolute Gasteiger partial charge is 0.305 e. The average molecular weight is 985 g/mol. The number of unbranched alkanes of at least 4 members (excludes halogenated alkanes) is 43. The number of amides is 1. The summed E-state index contributed by atoms with van der Waals surface area (Å²) >= 11 is 0. The molecule has 6 heteroatoms. The Balaban J connectivity index is 3.46. The number of rotatable bonds is 58. The fourth-order valence-electron chi connectivity index (χ4n) is 9.61. The van der Waals surface area contributed by atoms with Crippen LogP contribution in [0, 0.1) is 0 Å². The number of ether oxygens (including phenoxy) is 1. The second kappa shape index (κ2) is 59.6. The Morgan fingerprint density at radius 1 is 0.400 bits per heavy atom. The van der Waals surface area contributed by atoms with E-state index in [9.17, 15) is 19.8 Å². The summed E-state index contributed by atoms with van der Waals surface area (Å²) < 4.78 is 5.48. The summed E-state index contributed by atoms with van der Waals surface area (Å²) in [6.07, 6.45) is 74.6. The molecule has 2 atom stereocenters. The Hall–Kier alpha value is -1.92. The van der Waals surface area contributed by atoms with E-state index in [-0.39, 0.29) is 18.5 Å². The van der Waals surface area contributed by atoms with E-state index in [2.05, 4.69) is 43.5 Å². The molecule has 1 amide bonds. The second-order valence-electron chi connectivity index (χ2n) is 21.4. The lowest BCUT2D eigenvalue weighted by Gasteiger charge is -2.20. The summed E-state index contributed by atoms with van der Waals surface area (Å²) in [5.41, 5.74) is 0. The summed E-state index contributed by atoms with van der Waals surface area (Å²) in [6.45, 7) is 4.89. The van der Waals surface area contributed by atoms with Crippen LogP contribution in [-0.4, -0.2) is 47.4 Å². The van der Waals surface area contributed by atoms with Crippen LogP contribution < -0.4 is 5.32 Å². The number of carbonyl (C=O) groups excluding carboxylic acids is 2. The molecule has 0 aliphatic carbocycles. The van der Waals surface area contributed by atoms with Gasteiger partial charge < -0.3 is 20.3 Å². The van der Waals surface area contributed by atoms with Crippen LogP contribution in [0.15, 0.2) is 36.5 Å². The van der Waals surface area contributed by atoms with Crippen molar-refractivity contribution in [2.45, 2.75) is 347 Å². The Morgan fingerprint density at radius 2 is 0.714 bits per heavy atom. The number of nitrogens with one attached hydrogen (secondary N) is 1. The third-order valence-corrected chi connectivity index (χ3v) is 14.4. The molecule has 0 aromatic carbocycles. The second-order valence-corrected chi connectivity index (χ2v) is 21.4. The van der Waals surface area contributed by atoms with E-state index >= 15 is 0 Å². The predicted molar refractivity (Wildman–Crippen MR) is 306 cm³/mol. The van der Waals surface area contributed by atoms with Gasteiger partial charge in [0.2, 0.25) is 5.91 Å². The van der Waals surface area contributed by atoms with Gasteiger partial charge in [0.05, 0.1) is 25.4 Å². The van der Waals surface area contributed by atoms with Gasteiger partial charge >= 0.3 is 5.97 Å². The highest BCUT2D eigenvalue weighted by atomic mass is 16.5. The number of aliphatic hydroxyl groups excluding tert-OH is 2. The van der Waals surface area contributed by atoms with E-state index in [1.54, 1.807) is 6.08 Å². The molecule has 0 aliphatic heterocycles. The van der Waals surface area contributed by atoms with Gasteiger partial charge in [-0.15, -0.1) is 0 Å². The zero-order chi connectivity index (χ0) is 50.7. The molecular weight excluding hydrogens is 863 g/mol. The van der Waals surface area contributed by atoms with Gasteiger partial charge in [0.25, 0.3) is 0 Å². The largest absolute Gasteiger partial charge is 0.466 e. The first-order chi connectivity index (χ1) is 34.5. The number of aliphatic hydroxyl groups is 2. The van der Waals surface area contributed by atoms with Crippen molar-refractivity contribution in [3.8, 4) is 0 Å². The lowest BCUT2D eigenvalue weighted by atomic mass is 10.0. The number of esters is 1. The van der Waals surface area contributed by atoms with Crippen molar-refractivity contribution in [3.05, 3.63) is 36.5 Å². The molecule has 0 spiro atoms. The van der Waals surface area contributed by atoms with E-state index < -0.39 is 12.1 Å². The topological polar surface area (TPSA) is 95.9 Å². The summed E-state index contributed by atoms with van der Waals surface area (Å²) in [5.74, 6) is -0.0836. The Labute approximate surface area is 436 Å². The van der Waals surface area contributed by atoms with Crippen molar-refractivity contribution >= 4 is 11.9 Å². The van der Waals surface area contributed by atoms with Gasteiger partial charge in [-0.25, -0.2) is 0 Å². The molecule has 70 heavy (non-hydrogen) atoms. The standard InChI is InChI=1S/C64H121NO5/c1-3-5-7-9-11-13-15-17-19-21-22-23-24-25-28-32-36-40-44-48-52-56-62(67)61(60-66)65-63(68)57-53-49-45-41-37-33-29-26-27-31-35-39-43-47-51-55-59-70-64(69)58-54-50-46-42-38-34-30-20-18-16-14-12-10-8-6-4-2/h14,16,20,30,52,56,61-62,66-67H,3-13,15,17-19,21-29,31-51,53-55,57-60H2,1-2H3,(H,65,68)/b16-14-,30-20-,56-52+. The van der Waals surface area contributed by atoms with Crippen LogP contribution in [0.2, 0.25) is 0 Å². The molecule has 3 N–H and O–H groups in total. The van der Waals surface area contributed by atoms with Crippen molar-refractivity contribution in [1.29, 1.82) is 0 Å². The van der Waals surface area contributed by atoms with E-state index in [1.165, 1.54) is 250 Å². The Morgan fingerprint density at radius 3 is 1.10 bits per heavy atom. The first-order valence-corrected chi connectivity index (χ1v) is 31.3. The van der Waals surface area contributed by atoms with Gasteiger partial charge in [-0.3, -0.25) is 9.59 Å². The van der Waals surface area contributed by atoms with Crippen LogP contribution in [0.4, 0.5) is 0 Å². The predicted octanol–water partition coefficient (Wildman–Crippen LogP) is 19.6. The maximum atomic E-state index is 12.5. The molecule has 0 saturated carbocycles. The molecule has 0 aliphatic rings. The maximum absolute atomic E-state index is 12.5. The van der Waals surface area contributed by atoms with Crippen LogP contribution in [-0.2, 0) is 14.3 Å². The lowest BCUT2D eigenvalue weighted by Crippen LogP contribution is -2.45. The van der Waals surface area contributed by atoms with Crippen molar-refractivity contribution in [3.63, 3.8) is 0 Å². The van der Waals surface area contributed by atoms with Gasteiger partial charge in [0.15, 0.2) is 0 Å². The highest BCUT2D eigenvalue weighted by Crippen LogP contribution is 2.17. The lowest BCUT2D eigenvalue weighted by molar-refractivity contribution is -0.143. The zero-order valence-corrected chi connectivity index (χ0v) is 47.0. The van der Waals surface area contributed by atoms with Crippen molar-refractivity contribution in [2.75, 3.05) is 13.2 Å². The van der Waals surface area contributed by atoms with E-state index in [4.69, 9.17) is 4.74 Å². The molecular formula is C64H121NO5. The fourth-order valence-corrected chi connectivity index (χ4v) is 9.61. The van der Waals surface area contributed by atoms with Crippen LogP contribution in [0.3, 0.4) is 0 Å². The molecule has 0 saturated heterocycles. The van der Waals surface area contributed by atoms with Gasteiger partial charge in [-0.2, -0.15) is 0 Å². The molecule has 0 aromatic rings. The van der Waals surface area contributed by atoms with Crippen molar-refractivity contribution in [2.24, 2.45) is 0 Å². The van der Waals surface area contributed by atoms with Crippen LogP contribution in [0.5, 0.6) is 0 Å². The highest BCUT2D eigenvalue weighted by molar-refractivity contribution is 5.76. The third-order valence-electron chi connectivity index (χ3n) is 14.4. The first kappa shape index (κ1) is 68.1. The molecule has 2 unspecified atom stereocenters. The van der Waals surface area contributed by atoms with Crippen LogP contribution in [0.25, 0.3) is 0 Å². The average Bonchev–Trinajstić information content (AvgIpc) is 3.36. The number of allylic oxidation sites excluding steroid dienone is 5. The third kappa shape index (κ3) is 55.4. The molecule has 6 nitrogen and oxygen atoms in total. The summed E-state index contributed by atoms with van der Waals surface area (Å²) in [4.78, 5) is 24.6. The van der Waals surface area contributed by atoms with Crippen molar-refractivity contribution in [1.82, 2.24) is 5.32 Å². The van der Waals surface area contributed by atoms with Gasteiger partial charge in [0, 0.05) is 12.8 Å². The van der Waals surface area contributed by atoms with Crippen LogP contribution in [0.1, 0.15) is 335 Å². The maximum Gasteiger partial charge on any atom is 0.305 e. The Bertz CT molecular complexity index is 1130. The number of hydrogen-bond donors (Lipinski definition) is 3. The highest BCUT2D eigenvalue weighted by Gasteiger charge is 2.18. The minimum absolute atomic E-state index is 0.0109. The van der Waals surface area contributed by atoms with E-state index in [0.717, 1.165) is 57.8 Å². The normalized spacial score (nSPS) is 12.8. The van der Waals surface area contributed by atoms with Gasteiger partial charge in [-0.1, -0.05) is 294 Å². The van der Waals surface area contributed by atoms with E-state index in [1.807, 2.05) is 6.08 Å². The summed E-state index contributed by atoms with van der Waals surface area (Å²) in [5, 5.41) is 23.2. The molecule has 0 aromatic heterocycles. The molecule has 0 fully saturated rings. The number of hydrogen-bond acceptors (Lipinski definition) is 5. The monoisotopic (exact) mass is 984 g/mol. The molecule has 0 heterocycles. The van der Waals surface area contributed by atoms with Gasteiger partial charge in [-0.05, 0) is 64.2 Å². The van der Waals surface area contributed by atoms with E-state index in [0.29, 0.717) is 19.4 Å². The fraction of sp³-hybridized carbons (Fsp3) is 0.875. The SMILES string of the molecule is CCCCCC/C=C\C/C=C\CCCCCCCC(=O)OCCCCCCCCCCCCCCCCCCC(=O)NC(CO)C(O)/C=C/CCCCCCCCCCCCCCCCCCCCC. The van der Waals surface area contributed by atoms with Gasteiger partial charge in [0.1, 0.15) is 0 Å².